The lowest BCUT2D eigenvalue weighted by Gasteiger charge is -2.43. The number of rotatable bonds is 4. The van der Waals surface area contributed by atoms with Gasteiger partial charge in [-0.25, -0.2) is 0 Å². The van der Waals surface area contributed by atoms with Gasteiger partial charge in [0.15, 0.2) is 11.5 Å². The Kier molecular flexibility index (Phi) is 5.55. The van der Waals surface area contributed by atoms with Crippen LogP contribution in [0.3, 0.4) is 0 Å². The fourth-order valence-electron chi connectivity index (χ4n) is 4.40. The molecule has 0 spiro atoms. The molecule has 4 rings (SSSR count). The van der Waals surface area contributed by atoms with E-state index >= 15 is 0 Å². The minimum Gasteiger partial charge on any atom is -0.454 e. The first kappa shape index (κ1) is 18.6. The number of fused-ring (bicyclic) bond motifs is 1. The smallest absolute Gasteiger partial charge is 0.231 e. The molecule has 0 aromatic heterocycles. The summed E-state index contributed by atoms with van der Waals surface area (Å²) < 4.78 is 10.9. The Morgan fingerprint density at radius 1 is 1.11 bits per heavy atom. The Bertz CT molecular complexity index is 671. The molecule has 1 aromatic rings. The number of likely N-dealkylation sites (tertiary alicyclic amines) is 1. The van der Waals surface area contributed by atoms with E-state index in [4.69, 9.17) is 9.47 Å². The summed E-state index contributed by atoms with van der Waals surface area (Å²) in [6.45, 7) is 11.4. The first-order valence-corrected chi connectivity index (χ1v) is 10.2. The molecule has 1 atom stereocenters. The number of piperidine rings is 1. The number of ether oxygens (including phenoxy) is 2. The summed E-state index contributed by atoms with van der Waals surface area (Å²) in [6.07, 6.45) is 2.34. The van der Waals surface area contributed by atoms with Gasteiger partial charge >= 0.3 is 0 Å². The van der Waals surface area contributed by atoms with E-state index in [1.165, 1.54) is 12.0 Å². The van der Waals surface area contributed by atoms with E-state index in [2.05, 4.69) is 26.8 Å². The van der Waals surface area contributed by atoms with E-state index in [9.17, 15) is 4.79 Å². The molecule has 3 heterocycles. The molecule has 1 aromatic carbocycles. The molecule has 1 amide bonds. The SMILES string of the molecule is CC(C)C(=O)N1CCC[C@H](N2CCN(Cc3ccc4c(c3)OCO4)CC2)C1. The van der Waals surface area contributed by atoms with Crippen molar-refractivity contribution in [3.63, 3.8) is 0 Å². The normalized spacial score (nSPS) is 23.8. The van der Waals surface area contributed by atoms with E-state index in [1.54, 1.807) is 0 Å². The third-order valence-electron chi connectivity index (χ3n) is 5.97. The molecule has 3 aliphatic rings. The van der Waals surface area contributed by atoms with Crippen LogP contribution in [0.5, 0.6) is 11.5 Å². The third-order valence-corrected chi connectivity index (χ3v) is 5.97. The average Bonchev–Trinajstić information content (AvgIpc) is 3.16. The quantitative estimate of drug-likeness (QED) is 0.810. The first-order valence-electron chi connectivity index (χ1n) is 10.2. The van der Waals surface area contributed by atoms with Crippen LogP contribution in [0, 0.1) is 5.92 Å². The second kappa shape index (κ2) is 8.07. The van der Waals surface area contributed by atoms with Crippen LogP contribution in [0.25, 0.3) is 0 Å². The van der Waals surface area contributed by atoms with Gasteiger partial charge < -0.3 is 14.4 Å². The molecule has 148 valence electrons. The summed E-state index contributed by atoms with van der Waals surface area (Å²) in [5.74, 6) is 2.12. The number of amides is 1. The maximum Gasteiger partial charge on any atom is 0.231 e. The van der Waals surface area contributed by atoms with Gasteiger partial charge in [0.05, 0.1) is 0 Å². The fraction of sp³-hybridized carbons (Fsp3) is 0.667. The van der Waals surface area contributed by atoms with Gasteiger partial charge in [-0.15, -0.1) is 0 Å². The first-order chi connectivity index (χ1) is 13.1. The highest BCUT2D eigenvalue weighted by molar-refractivity contribution is 5.78. The predicted octanol–water partition coefficient (Wildman–Crippen LogP) is 2.18. The van der Waals surface area contributed by atoms with E-state index in [1.807, 2.05) is 19.9 Å². The Balaban J connectivity index is 1.28. The lowest BCUT2D eigenvalue weighted by molar-refractivity contribution is -0.136. The van der Waals surface area contributed by atoms with Crippen molar-refractivity contribution >= 4 is 5.91 Å². The number of nitrogens with zero attached hydrogens (tertiary/aromatic N) is 3. The van der Waals surface area contributed by atoms with E-state index in [0.29, 0.717) is 18.7 Å². The lowest BCUT2D eigenvalue weighted by atomic mass is 10.0. The number of hydrogen-bond donors (Lipinski definition) is 0. The molecule has 0 saturated carbocycles. The predicted molar refractivity (Wildman–Crippen MR) is 104 cm³/mol. The van der Waals surface area contributed by atoms with Crippen molar-refractivity contribution in [1.29, 1.82) is 0 Å². The number of carbonyl (C=O) groups is 1. The molecule has 6 nitrogen and oxygen atoms in total. The zero-order valence-corrected chi connectivity index (χ0v) is 16.5. The minimum absolute atomic E-state index is 0.0993. The molecule has 2 saturated heterocycles. The molecule has 3 aliphatic heterocycles. The highest BCUT2D eigenvalue weighted by atomic mass is 16.7. The average molecular weight is 373 g/mol. The highest BCUT2D eigenvalue weighted by Gasteiger charge is 2.30. The largest absolute Gasteiger partial charge is 0.454 e. The summed E-state index contributed by atoms with van der Waals surface area (Å²) in [5.41, 5.74) is 1.28. The van der Waals surface area contributed by atoms with Crippen molar-refractivity contribution in [3.05, 3.63) is 23.8 Å². The molecule has 0 N–H and O–H groups in total. The number of carbonyl (C=O) groups excluding carboxylic acids is 1. The summed E-state index contributed by atoms with van der Waals surface area (Å²) in [7, 11) is 0. The maximum atomic E-state index is 12.3. The van der Waals surface area contributed by atoms with Crippen LogP contribution in [0.1, 0.15) is 32.3 Å². The summed E-state index contributed by atoms with van der Waals surface area (Å²) in [4.78, 5) is 19.5. The van der Waals surface area contributed by atoms with Crippen LogP contribution in [-0.2, 0) is 11.3 Å². The number of benzene rings is 1. The van der Waals surface area contributed by atoms with E-state index < -0.39 is 0 Å². The molecule has 0 unspecified atom stereocenters. The van der Waals surface area contributed by atoms with E-state index in [-0.39, 0.29) is 5.92 Å². The Morgan fingerprint density at radius 3 is 2.67 bits per heavy atom. The fourth-order valence-corrected chi connectivity index (χ4v) is 4.40. The van der Waals surface area contributed by atoms with Crippen LogP contribution >= 0.6 is 0 Å². The van der Waals surface area contributed by atoms with Gasteiger partial charge in [0, 0.05) is 57.8 Å². The third kappa shape index (κ3) is 4.22. The minimum atomic E-state index is 0.0993. The molecule has 0 radical (unpaired) electrons. The van der Waals surface area contributed by atoms with Crippen molar-refractivity contribution in [2.45, 2.75) is 39.3 Å². The number of piperazine rings is 1. The summed E-state index contributed by atoms with van der Waals surface area (Å²) in [6, 6.07) is 6.77. The van der Waals surface area contributed by atoms with Crippen LogP contribution in [0.2, 0.25) is 0 Å². The van der Waals surface area contributed by atoms with Crippen molar-refractivity contribution in [2.75, 3.05) is 46.1 Å². The second-order valence-electron chi connectivity index (χ2n) is 8.23. The van der Waals surface area contributed by atoms with E-state index in [0.717, 1.165) is 63.7 Å². The molecular weight excluding hydrogens is 342 g/mol. The number of hydrogen-bond acceptors (Lipinski definition) is 5. The van der Waals surface area contributed by atoms with Gasteiger partial charge in [0.2, 0.25) is 12.7 Å². The molecular formula is C21H31N3O3. The maximum absolute atomic E-state index is 12.3. The van der Waals surface area contributed by atoms with Crippen LogP contribution in [-0.4, -0.2) is 72.7 Å². The summed E-state index contributed by atoms with van der Waals surface area (Å²) in [5, 5.41) is 0. The molecule has 0 bridgehead atoms. The van der Waals surface area contributed by atoms with Crippen LogP contribution in [0.15, 0.2) is 18.2 Å². The topological polar surface area (TPSA) is 45.3 Å². The van der Waals surface area contributed by atoms with Crippen molar-refractivity contribution in [3.8, 4) is 11.5 Å². The molecule has 6 heteroatoms. The van der Waals surface area contributed by atoms with Gasteiger partial charge in [0.1, 0.15) is 0 Å². The zero-order chi connectivity index (χ0) is 18.8. The van der Waals surface area contributed by atoms with Crippen LogP contribution < -0.4 is 9.47 Å². The standard InChI is InChI=1S/C21H31N3O3/c1-16(2)21(25)24-7-3-4-18(14-24)23-10-8-22(9-11-23)13-17-5-6-19-20(12-17)27-15-26-19/h5-6,12,16,18H,3-4,7-11,13-15H2,1-2H3/t18-/m0/s1. The Labute approximate surface area is 162 Å². The monoisotopic (exact) mass is 373 g/mol. The van der Waals surface area contributed by atoms with Gasteiger partial charge in [-0.1, -0.05) is 19.9 Å². The van der Waals surface area contributed by atoms with Gasteiger partial charge in [-0.05, 0) is 30.5 Å². The van der Waals surface area contributed by atoms with Crippen molar-refractivity contribution < 1.29 is 14.3 Å². The Morgan fingerprint density at radius 2 is 1.89 bits per heavy atom. The second-order valence-corrected chi connectivity index (χ2v) is 8.23. The lowest BCUT2D eigenvalue weighted by Crippen LogP contribution is -2.56. The molecule has 27 heavy (non-hydrogen) atoms. The van der Waals surface area contributed by atoms with Gasteiger partial charge in [0.25, 0.3) is 0 Å². The zero-order valence-electron chi connectivity index (χ0n) is 16.5. The molecule has 2 fully saturated rings. The Hall–Kier alpha value is -1.79. The van der Waals surface area contributed by atoms with Crippen molar-refractivity contribution in [1.82, 2.24) is 14.7 Å². The van der Waals surface area contributed by atoms with Gasteiger partial charge in [-0.2, -0.15) is 0 Å². The highest BCUT2D eigenvalue weighted by Crippen LogP contribution is 2.33. The molecule has 0 aliphatic carbocycles. The van der Waals surface area contributed by atoms with Crippen LogP contribution in [0.4, 0.5) is 0 Å². The summed E-state index contributed by atoms with van der Waals surface area (Å²) >= 11 is 0. The van der Waals surface area contributed by atoms with Crippen molar-refractivity contribution in [2.24, 2.45) is 5.92 Å². The van der Waals surface area contributed by atoms with Gasteiger partial charge in [-0.3, -0.25) is 14.6 Å².